The molecule has 102 valence electrons. The highest BCUT2D eigenvalue weighted by molar-refractivity contribution is 5.86. The SMILES string of the molecule is CC(CNc1nc(N)nc2[nH]ncc12)c1ccccc1. The maximum Gasteiger partial charge on any atom is 0.224 e. The Morgan fingerprint density at radius 1 is 1.25 bits per heavy atom. The fourth-order valence-electron chi connectivity index (χ4n) is 2.14. The van der Waals surface area contributed by atoms with Crippen LogP contribution in [0.25, 0.3) is 11.0 Å². The molecule has 0 saturated carbocycles. The van der Waals surface area contributed by atoms with Crippen LogP contribution in [0, 0.1) is 0 Å². The monoisotopic (exact) mass is 268 g/mol. The number of rotatable bonds is 4. The first-order chi connectivity index (χ1) is 9.74. The summed E-state index contributed by atoms with van der Waals surface area (Å²) in [5.41, 5.74) is 7.62. The van der Waals surface area contributed by atoms with Crippen LogP contribution in [0.5, 0.6) is 0 Å². The number of hydrogen-bond donors (Lipinski definition) is 3. The van der Waals surface area contributed by atoms with Crippen LogP contribution < -0.4 is 11.1 Å². The molecule has 0 amide bonds. The molecule has 6 heteroatoms. The van der Waals surface area contributed by atoms with Crippen molar-refractivity contribution in [3.63, 3.8) is 0 Å². The lowest BCUT2D eigenvalue weighted by molar-refractivity contribution is 0.802. The molecule has 0 fully saturated rings. The quantitative estimate of drug-likeness (QED) is 0.674. The lowest BCUT2D eigenvalue weighted by Gasteiger charge is -2.14. The third kappa shape index (κ3) is 2.40. The minimum atomic E-state index is 0.233. The standard InChI is InChI=1S/C14H16N6/c1-9(10-5-3-2-4-6-10)7-16-12-11-8-17-20-13(11)19-14(15)18-12/h2-6,8-9H,7H2,1H3,(H4,15,16,17,18,19,20). The number of fused-ring (bicyclic) bond motifs is 1. The Kier molecular flexibility index (Phi) is 3.20. The number of anilines is 2. The van der Waals surface area contributed by atoms with E-state index in [2.05, 4.69) is 44.5 Å². The number of aromatic nitrogens is 4. The number of nitrogens with two attached hydrogens (primary N) is 1. The van der Waals surface area contributed by atoms with Gasteiger partial charge in [0.2, 0.25) is 5.95 Å². The smallest absolute Gasteiger partial charge is 0.224 e. The molecule has 2 heterocycles. The van der Waals surface area contributed by atoms with Crippen LogP contribution in [0.4, 0.5) is 11.8 Å². The number of nitrogens with zero attached hydrogens (tertiary/aromatic N) is 3. The number of H-pyrrole nitrogens is 1. The summed E-state index contributed by atoms with van der Waals surface area (Å²) < 4.78 is 0. The zero-order valence-electron chi connectivity index (χ0n) is 11.2. The summed E-state index contributed by atoms with van der Waals surface area (Å²) in [6.45, 7) is 2.93. The molecule has 6 nitrogen and oxygen atoms in total. The van der Waals surface area contributed by atoms with E-state index in [1.54, 1.807) is 6.20 Å². The van der Waals surface area contributed by atoms with E-state index in [4.69, 9.17) is 5.73 Å². The summed E-state index contributed by atoms with van der Waals surface area (Å²) >= 11 is 0. The van der Waals surface area contributed by atoms with Crippen molar-refractivity contribution in [2.75, 3.05) is 17.6 Å². The lowest BCUT2D eigenvalue weighted by atomic mass is 10.0. The lowest BCUT2D eigenvalue weighted by Crippen LogP contribution is -2.12. The van der Waals surface area contributed by atoms with E-state index in [0.29, 0.717) is 17.4 Å². The van der Waals surface area contributed by atoms with Gasteiger partial charge in [-0.3, -0.25) is 5.10 Å². The first-order valence-corrected chi connectivity index (χ1v) is 6.49. The predicted molar refractivity (Wildman–Crippen MR) is 79.4 cm³/mol. The van der Waals surface area contributed by atoms with Crippen molar-refractivity contribution < 1.29 is 0 Å². The van der Waals surface area contributed by atoms with Gasteiger partial charge in [0.05, 0.1) is 11.6 Å². The third-order valence-corrected chi connectivity index (χ3v) is 3.27. The predicted octanol–water partition coefficient (Wildman–Crippen LogP) is 2.15. The first-order valence-electron chi connectivity index (χ1n) is 6.49. The normalized spacial score (nSPS) is 12.4. The molecule has 0 spiro atoms. The third-order valence-electron chi connectivity index (χ3n) is 3.27. The van der Waals surface area contributed by atoms with E-state index >= 15 is 0 Å². The Balaban J connectivity index is 1.78. The van der Waals surface area contributed by atoms with Gasteiger partial charge in [-0.2, -0.15) is 15.1 Å². The second kappa shape index (κ2) is 5.16. The molecule has 2 aromatic heterocycles. The van der Waals surface area contributed by atoms with Crippen molar-refractivity contribution in [2.45, 2.75) is 12.8 Å². The van der Waals surface area contributed by atoms with Gasteiger partial charge in [-0.05, 0) is 11.5 Å². The summed E-state index contributed by atoms with van der Waals surface area (Å²) in [5, 5.41) is 10.9. The van der Waals surface area contributed by atoms with Crippen LogP contribution in [0.1, 0.15) is 18.4 Å². The molecule has 1 aromatic carbocycles. The number of benzene rings is 1. The summed E-state index contributed by atoms with van der Waals surface area (Å²) in [5.74, 6) is 1.31. The highest BCUT2D eigenvalue weighted by atomic mass is 15.2. The summed E-state index contributed by atoms with van der Waals surface area (Å²) in [4.78, 5) is 8.32. The van der Waals surface area contributed by atoms with Crippen molar-refractivity contribution in [1.29, 1.82) is 0 Å². The molecule has 20 heavy (non-hydrogen) atoms. The minimum Gasteiger partial charge on any atom is -0.369 e. The Morgan fingerprint density at radius 3 is 2.85 bits per heavy atom. The molecule has 0 aliphatic rings. The van der Waals surface area contributed by atoms with Crippen LogP contribution in [0.15, 0.2) is 36.5 Å². The summed E-state index contributed by atoms with van der Waals surface area (Å²) in [7, 11) is 0. The zero-order chi connectivity index (χ0) is 13.9. The fourth-order valence-corrected chi connectivity index (χ4v) is 2.14. The first kappa shape index (κ1) is 12.4. The Labute approximate surface area is 116 Å². The Bertz CT molecular complexity index is 706. The second-order valence-corrected chi connectivity index (χ2v) is 4.76. The molecular weight excluding hydrogens is 252 g/mol. The van der Waals surface area contributed by atoms with Gasteiger partial charge in [-0.25, -0.2) is 0 Å². The van der Waals surface area contributed by atoms with Gasteiger partial charge in [0, 0.05) is 6.54 Å². The van der Waals surface area contributed by atoms with Crippen LogP contribution in [0.3, 0.4) is 0 Å². The maximum absolute atomic E-state index is 5.69. The van der Waals surface area contributed by atoms with E-state index in [9.17, 15) is 0 Å². The molecule has 0 saturated heterocycles. The number of hydrogen-bond acceptors (Lipinski definition) is 5. The molecule has 0 radical (unpaired) electrons. The molecule has 3 rings (SSSR count). The maximum atomic E-state index is 5.69. The van der Waals surface area contributed by atoms with E-state index in [0.717, 1.165) is 11.9 Å². The van der Waals surface area contributed by atoms with Gasteiger partial charge < -0.3 is 11.1 Å². The molecule has 4 N–H and O–H groups in total. The summed E-state index contributed by atoms with van der Waals surface area (Å²) in [6, 6.07) is 10.3. The second-order valence-electron chi connectivity index (χ2n) is 4.76. The molecule has 0 aliphatic carbocycles. The zero-order valence-corrected chi connectivity index (χ0v) is 11.2. The topological polar surface area (TPSA) is 92.5 Å². The van der Waals surface area contributed by atoms with Gasteiger partial charge in [0.25, 0.3) is 0 Å². The van der Waals surface area contributed by atoms with Crippen molar-refractivity contribution >= 4 is 22.8 Å². The molecule has 1 atom stereocenters. The van der Waals surface area contributed by atoms with E-state index in [1.807, 2.05) is 18.2 Å². The Hall–Kier alpha value is -2.63. The van der Waals surface area contributed by atoms with Gasteiger partial charge in [-0.15, -0.1) is 0 Å². The highest BCUT2D eigenvalue weighted by Gasteiger charge is 2.10. The van der Waals surface area contributed by atoms with Crippen molar-refractivity contribution in [1.82, 2.24) is 20.2 Å². The molecule has 0 aliphatic heterocycles. The molecule has 3 aromatic rings. The Morgan fingerprint density at radius 2 is 2.05 bits per heavy atom. The number of aromatic amines is 1. The number of nitrogen functional groups attached to an aromatic ring is 1. The average Bonchev–Trinajstić information content (AvgIpc) is 2.93. The van der Waals surface area contributed by atoms with Gasteiger partial charge in [-0.1, -0.05) is 37.3 Å². The average molecular weight is 268 g/mol. The van der Waals surface area contributed by atoms with Gasteiger partial charge in [0.1, 0.15) is 5.82 Å². The van der Waals surface area contributed by atoms with E-state index in [1.165, 1.54) is 5.56 Å². The highest BCUT2D eigenvalue weighted by Crippen LogP contribution is 2.21. The van der Waals surface area contributed by atoms with E-state index < -0.39 is 0 Å². The molecule has 0 bridgehead atoms. The van der Waals surface area contributed by atoms with E-state index in [-0.39, 0.29) is 5.95 Å². The van der Waals surface area contributed by atoms with Crippen LogP contribution in [-0.4, -0.2) is 26.7 Å². The minimum absolute atomic E-state index is 0.233. The fraction of sp³-hybridized carbons (Fsp3) is 0.214. The number of nitrogens with one attached hydrogen (secondary N) is 2. The molecule has 1 unspecified atom stereocenters. The van der Waals surface area contributed by atoms with Gasteiger partial charge in [0.15, 0.2) is 5.65 Å². The van der Waals surface area contributed by atoms with Crippen LogP contribution >= 0.6 is 0 Å². The summed E-state index contributed by atoms with van der Waals surface area (Å²) in [6.07, 6.45) is 1.70. The van der Waals surface area contributed by atoms with Crippen LogP contribution in [-0.2, 0) is 0 Å². The van der Waals surface area contributed by atoms with Crippen molar-refractivity contribution in [3.8, 4) is 0 Å². The van der Waals surface area contributed by atoms with Crippen molar-refractivity contribution in [3.05, 3.63) is 42.1 Å². The molecular formula is C14H16N6. The van der Waals surface area contributed by atoms with Gasteiger partial charge >= 0.3 is 0 Å². The largest absolute Gasteiger partial charge is 0.369 e. The van der Waals surface area contributed by atoms with Crippen LogP contribution in [0.2, 0.25) is 0 Å². The van der Waals surface area contributed by atoms with Crippen molar-refractivity contribution in [2.24, 2.45) is 0 Å².